The number of likely N-dealkylation sites (tertiary alicyclic amines) is 1. The summed E-state index contributed by atoms with van der Waals surface area (Å²) in [6.07, 6.45) is 4.36. The minimum Gasteiger partial charge on any atom is -0.338 e. The van der Waals surface area contributed by atoms with Crippen LogP contribution in [0.3, 0.4) is 0 Å². The van der Waals surface area contributed by atoms with Gasteiger partial charge in [-0.3, -0.25) is 0 Å². The van der Waals surface area contributed by atoms with E-state index in [-0.39, 0.29) is 12.1 Å². The zero-order valence-corrected chi connectivity index (χ0v) is 14.9. The van der Waals surface area contributed by atoms with Gasteiger partial charge in [0.05, 0.1) is 6.04 Å². The highest BCUT2D eigenvalue weighted by Crippen LogP contribution is 2.32. The van der Waals surface area contributed by atoms with Gasteiger partial charge in [-0.05, 0) is 75.5 Å². The van der Waals surface area contributed by atoms with E-state index in [0.717, 1.165) is 45.3 Å². The fourth-order valence-corrected chi connectivity index (χ4v) is 3.57. The van der Waals surface area contributed by atoms with Crippen LogP contribution < -0.4 is 5.32 Å². The van der Waals surface area contributed by atoms with Crippen LogP contribution in [0.25, 0.3) is 0 Å². The molecule has 0 bridgehead atoms. The smallest absolute Gasteiger partial charge is 0.317 e. The number of unbranched alkanes of at least 4 members (excludes halogenated alkanes) is 1. The highest BCUT2D eigenvalue weighted by atomic mass is 32.1. The number of urea groups is 1. The number of carbonyl (C=O) groups excluding carboxylic acids is 1. The van der Waals surface area contributed by atoms with Gasteiger partial charge in [-0.1, -0.05) is 0 Å². The molecule has 124 valence electrons. The first-order valence-corrected chi connectivity index (χ1v) is 9.30. The summed E-state index contributed by atoms with van der Waals surface area (Å²) in [5, 5.41) is 7.35. The quantitative estimate of drug-likeness (QED) is 0.776. The molecule has 1 atom stereocenters. The van der Waals surface area contributed by atoms with Crippen LogP contribution in [0.1, 0.15) is 51.1 Å². The third-order valence-electron chi connectivity index (χ3n) is 4.54. The topological polar surface area (TPSA) is 35.6 Å². The summed E-state index contributed by atoms with van der Waals surface area (Å²) in [4.78, 5) is 16.7. The molecule has 1 aliphatic heterocycles. The van der Waals surface area contributed by atoms with Gasteiger partial charge in [-0.2, -0.15) is 11.3 Å². The maximum atomic E-state index is 12.4. The lowest BCUT2D eigenvalue weighted by Gasteiger charge is -2.25. The second kappa shape index (κ2) is 8.53. The van der Waals surface area contributed by atoms with Crippen molar-refractivity contribution in [1.29, 1.82) is 0 Å². The molecule has 1 unspecified atom stereocenters. The average molecular weight is 324 g/mol. The molecule has 5 heteroatoms. The summed E-state index contributed by atoms with van der Waals surface area (Å²) < 4.78 is 0. The van der Waals surface area contributed by atoms with E-state index in [9.17, 15) is 4.79 Å². The number of carbonyl (C=O) groups is 1. The average Bonchev–Trinajstić information content (AvgIpc) is 3.16. The Labute approximate surface area is 138 Å². The van der Waals surface area contributed by atoms with E-state index < -0.39 is 0 Å². The Bertz CT molecular complexity index is 447. The normalized spacial score (nSPS) is 18.4. The molecule has 0 radical (unpaired) electrons. The van der Waals surface area contributed by atoms with Crippen LogP contribution in [0.15, 0.2) is 16.8 Å². The number of nitrogens with one attached hydrogen (secondary N) is 1. The first-order chi connectivity index (χ1) is 10.6. The Kier molecular flexibility index (Phi) is 6.70. The van der Waals surface area contributed by atoms with Crippen LogP contribution in [0.2, 0.25) is 0 Å². The number of thiophene rings is 1. The van der Waals surface area contributed by atoms with Crippen LogP contribution in [-0.4, -0.2) is 48.6 Å². The van der Waals surface area contributed by atoms with E-state index >= 15 is 0 Å². The molecule has 2 rings (SSSR count). The van der Waals surface area contributed by atoms with Gasteiger partial charge in [0.25, 0.3) is 0 Å². The van der Waals surface area contributed by atoms with Gasteiger partial charge in [0.1, 0.15) is 0 Å². The number of nitrogens with zero attached hydrogens (tertiary/aromatic N) is 2. The molecule has 1 fully saturated rings. The number of rotatable bonds is 7. The first kappa shape index (κ1) is 17.3. The van der Waals surface area contributed by atoms with Crippen molar-refractivity contribution in [2.24, 2.45) is 0 Å². The van der Waals surface area contributed by atoms with Crippen molar-refractivity contribution in [2.45, 2.75) is 51.6 Å². The van der Waals surface area contributed by atoms with E-state index in [0.29, 0.717) is 6.04 Å². The maximum Gasteiger partial charge on any atom is 0.317 e. The van der Waals surface area contributed by atoms with E-state index in [1.54, 1.807) is 11.3 Å². The third-order valence-corrected chi connectivity index (χ3v) is 5.24. The molecular formula is C17H29N3OS. The van der Waals surface area contributed by atoms with Gasteiger partial charge in [0.15, 0.2) is 0 Å². The Morgan fingerprint density at radius 3 is 3.00 bits per heavy atom. The molecule has 4 nitrogen and oxygen atoms in total. The lowest BCUT2D eigenvalue weighted by Crippen LogP contribution is -2.40. The van der Waals surface area contributed by atoms with E-state index in [2.05, 4.69) is 47.9 Å². The van der Waals surface area contributed by atoms with Crippen LogP contribution in [0, 0.1) is 0 Å². The molecule has 22 heavy (non-hydrogen) atoms. The number of amides is 2. The second-order valence-corrected chi connectivity index (χ2v) is 7.20. The lowest BCUT2D eigenvalue weighted by atomic mass is 10.1. The van der Waals surface area contributed by atoms with Crippen molar-refractivity contribution in [3.8, 4) is 0 Å². The Balaban J connectivity index is 1.69. The fourth-order valence-electron chi connectivity index (χ4n) is 2.86. The van der Waals surface area contributed by atoms with Gasteiger partial charge in [-0.25, -0.2) is 4.79 Å². The zero-order chi connectivity index (χ0) is 15.9. The van der Waals surface area contributed by atoms with Crippen LogP contribution >= 0.6 is 11.3 Å². The Morgan fingerprint density at radius 2 is 2.32 bits per heavy atom. The van der Waals surface area contributed by atoms with Gasteiger partial charge in [0.2, 0.25) is 0 Å². The van der Waals surface area contributed by atoms with Crippen molar-refractivity contribution < 1.29 is 4.79 Å². The predicted octanol–water partition coefficient (Wildman–Crippen LogP) is 3.72. The molecule has 1 aliphatic rings. The number of hydrogen-bond donors (Lipinski definition) is 1. The summed E-state index contributed by atoms with van der Waals surface area (Å²) in [5.41, 5.74) is 1.29. The highest BCUT2D eigenvalue weighted by molar-refractivity contribution is 7.07. The molecule has 0 aromatic carbocycles. The van der Waals surface area contributed by atoms with Crippen molar-refractivity contribution in [2.75, 3.05) is 26.7 Å². The lowest BCUT2D eigenvalue weighted by molar-refractivity contribution is 0.192. The van der Waals surface area contributed by atoms with Gasteiger partial charge < -0.3 is 15.1 Å². The van der Waals surface area contributed by atoms with Crippen LogP contribution in [-0.2, 0) is 0 Å². The second-order valence-electron chi connectivity index (χ2n) is 6.42. The molecular weight excluding hydrogens is 294 g/mol. The van der Waals surface area contributed by atoms with Gasteiger partial charge >= 0.3 is 6.03 Å². The molecule has 1 aromatic heterocycles. The van der Waals surface area contributed by atoms with E-state index in [1.807, 2.05) is 4.90 Å². The molecule has 1 aromatic rings. The van der Waals surface area contributed by atoms with Gasteiger partial charge in [-0.15, -0.1) is 0 Å². The van der Waals surface area contributed by atoms with Crippen molar-refractivity contribution in [3.63, 3.8) is 0 Å². The van der Waals surface area contributed by atoms with E-state index in [1.165, 1.54) is 5.56 Å². The standard InChI is InChI=1S/C17H29N3OS/c1-14(2)19(3)10-5-4-9-18-17(21)20-11-6-7-16(20)15-8-12-22-13-15/h8,12-14,16H,4-7,9-11H2,1-3H3,(H,18,21). The molecule has 0 spiro atoms. The van der Waals surface area contributed by atoms with Crippen molar-refractivity contribution in [1.82, 2.24) is 15.1 Å². The number of hydrogen-bond acceptors (Lipinski definition) is 3. The summed E-state index contributed by atoms with van der Waals surface area (Å²) in [5.74, 6) is 0. The maximum absolute atomic E-state index is 12.4. The predicted molar refractivity (Wildman–Crippen MR) is 93.4 cm³/mol. The molecule has 0 saturated carbocycles. The Hall–Kier alpha value is -1.07. The van der Waals surface area contributed by atoms with Crippen molar-refractivity contribution >= 4 is 17.4 Å². The minimum absolute atomic E-state index is 0.103. The molecule has 0 aliphatic carbocycles. The van der Waals surface area contributed by atoms with E-state index in [4.69, 9.17) is 0 Å². The third kappa shape index (κ3) is 4.71. The molecule has 2 amide bonds. The van der Waals surface area contributed by atoms with Gasteiger partial charge in [0, 0.05) is 19.1 Å². The van der Waals surface area contributed by atoms with Crippen molar-refractivity contribution in [3.05, 3.63) is 22.4 Å². The molecule has 1 N–H and O–H groups in total. The SMILES string of the molecule is CC(C)N(C)CCCCNC(=O)N1CCCC1c1ccsc1. The summed E-state index contributed by atoms with van der Waals surface area (Å²) in [7, 11) is 2.15. The highest BCUT2D eigenvalue weighted by Gasteiger charge is 2.29. The summed E-state index contributed by atoms with van der Waals surface area (Å²) >= 11 is 1.71. The minimum atomic E-state index is 0.103. The zero-order valence-electron chi connectivity index (χ0n) is 14.0. The monoisotopic (exact) mass is 323 g/mol. The molecule has 1 saturated heterocycles. The van der Waals surface area contributed by atoms with Crippen LogP contribution in [0.4, 0.5) is 4.79 Å². The molecule has 2 heterocycles. The first-order valence-electron chi connectivity index (χ1n) is 8.36. The largest absolute Gasteiger partial charge is 0.338 e. The Morgan fingerprint density at radius 1 is 1.50 bits per heavy atom. The van der Waals surface area contributed by atoms with Crippen LogP contribution in [0.5, 0.6) is 0 Å². The summed E-state index contributed by atoms with van der Waals surface area (Å²) in [6, 6.07) is 3.11. The summed E-state index contributed by atoms with van der Waals surface area (Å²) in [6.45, 7) is 7.16. The fraction of sp³-hybridized carbons (Fsp3) is 0.706.